The van der Waals surface area contributed by atoms with Crippen molar-refractivity contribution >= 4 is 17.4 Å². The minimum atomic E-state index is -0.542. The molecular weight excluding hydrogens is 326 g/mol. The van der Waals surface area contributed by atoms with Gasteiger partial charge in [0, 0.05) is 19.3 Å². The molecule has 0 radical (unpaired) electrons. The minimum Gasteiger partial charge on any atom is -0.480 e. The van der Waals surface area contributed by atoms with E-state index in [0.29, 0.717) is 42.4 Å². The maximum Gasteiger partial charge on any atom is 0.263 e. The maximum absolute atomic E-state index is 12.7. The van der Waals surface area contributed by atoms with E-state index in [2.05, 4.69) is 15.8 Å². The fourth-order valence-electron chi connectivity index (χ4n) is 2.83. The molecule has 0 spiro atoms. The Bertz CT molecular complexity index is 775. The lowest BCUT2D eigenvalue weighted by Gasteiger charge is -2.38. The normalized spacial score (nSPS) is 16.2. The Morgan fingerprint density at radius 3 is 2.88 bits per heavy atom. The third-order valence-electron chi connectivity index (χ3n) is 4.16. The predicted octanol–water partition coefficient (Wildman–Crippen LogP) is 2.46. The van der Waals surface area contributed by atoms with E-state index in [1.165, 1.54) is 7.11 Å². The van der Waals surface area contributed by atoms with Crippen molar-refractivity contribution in [3.05, 3.63) is 46.3 Å². The average Bonchev–Trinajstić information content (AvgIpc) is 3.12. The molecule has 1 aromatic heterocycles. The van der Waals surface area contributed by atoms with Crippen LogP contribution in [0.25, 0.3) is 0 Å². The number of nitrogens with zero attached hydrogens (tertiary/aromatic N) is 2. The molecule has 2 aromatic rings. The minimum absolute atomic E-state index is 0.194. The lowest BCUT2D eigenvalue weighted by atomic mass is 9.82. The summed E-state index contributed by atoms with van der Waals surface area (Å²) in [6.45, 7) is 1.12. The van der Waals surface area contributed by atoms with E-state index in [4.69, 9.17) is 14.7 Å². The fourth-order valence-corrected chi connectivity index (χ4v) is 3.44. The number of aromatic nitrogens is 1. The van der Waals surface area contributed by atoms with Crippen LogP contribution in [0.5, 0.6) is 5.88 Å². The Balaban J connectivity index is 1.91. The van der Waals surface area contributed by atoms with E-state index in [9.17, 15) is 4.79 Å². The molecule has 1 aliphatic rings. The largest absolute Gasteiger partial charge is 0.480 e. The van der Waals surface area contributed by atoms with Crippen LogP contribution >= 0.6 is 11.5 Å². The van der Waals surface area contributed by atoms with Crippen LogP contribution in [0.1, 0.15) is 33.6 Å². The lowest BCUT2D eigenvalue weighted by molar-refractivity contribution is 0.0346. The number of ether oxygens (including phenoxy) is 2. The number of benzene rings is 1. The Hall–Kier alpha value is -2.43. The first-order valence-corrected chi connectivity index (χ1v) is 8.36. The second-order valence-corrected chi connectivity index (χ2v) is 6.38. The number of amides is 1. The fraction of sp³-hybridized carbons (Fsp3) is 0.353. The Kier molecular flexibility index (Phi) is 4.79. The van der Waals surface area contributed by atoms with Crippen molar-refractivity contribution in [1.82, 2.24) is 9.69 Å². The van der Waals surface area contributed by atoms with Crippen molar-refractivity contribution < 1.29 is 14.3 Å². The Labute approximate surface area is 144 Å². The molecule has 24 heavy (non-hydrogen) atoms. The van der Waals surface area contributed by atoms with Crippen LogP contribution < -0.4 is 10.1 Å². The topological polar surface area (TPSA) is 84.2 Å². The first-order chi connectivity index (χ1) is 11.7. The molecular formula is C17H17N3O3S. The third kappa shape index (κ3) is 3.25. The van der Waals surface area contributed by atoms with Gasteiger partial charge in [0.05, 0.1) is 24.3 Å². The number of rotatable bonds is 4. The molecule has 1 amide bonds. The second kappa shape index (κ2) is 6.99. The summed E-state index contributed by atoms with van der Waals surface area (Å²) < 4.78 is 14.6. The zero-order valence-electron chi connectivity index (χ0n) is 13.2. The van der Waals surface area contributed by atoms with Crippen LogP contribution in [0.2, 0.25) is 0 Å². The van der Waals surface area contributed by atoms with Crippen molar-refractivity contribution in [2.75, 3.05) is 20.3 Å². The van der Waals surface area contributed by atoms with Gasteiger partial charge in [-0.25, -0.2) is 0 Å². The van der Waals surface area contributed by atoms with Crippen molar-refractivity contribution in [3.63, 3.8) is 0 Å². The molecule has 3 rings (SSSR count). The van der Waals surface area contributed by atoms with E-state index >= 15 is 0 Å². The summed E-state index contributed by atoms with van der Waals surface area (Å²) in [6, 6.07) is 11.1. The SMILES string of the molecule is COc1cc(C(=O)NC2(c3cccc(C#N)c3)CCOCC2)sn1. The van der Waals surface area contributed by atoms with Gasteiger partial charge in [0.25, 0.3) is 5.91 Å². The van der Waals surface area contributed by atoms with Crippen molar-refractivity contribution in [3.8, 4) is 11.9 Å². The van der Waals surface area contributed by atoms with Crippen LogP contribution in [-0.2, 0) is 10.3 Å². The van der Waals surface area contributed by atoms with Crippen LogP contribution in [-0.4, -0.2) is 30.6 Å². The van der Waals surface area contributed by atoms with E-state index < -0.39 is 5.54 Å². The predicted molar refractivity (Wildman–Crippen MR) is 89.0 cm³/mol. The molecule has 2 heterocycles. The van der Waals surface area contributed by atoms with Gasteiger partial charge in [0.1, 0.15) is 4.88 Å². The Morgan fingerprint density at radius 2 is 2.21 bits per heavy atom. The van der Waals surface area contributed by atoms with E-state index in [-0.39, 0.29) is 5.91 Å². The van der Waals surface area contributed by atoms with Crippen molar-refractivity contribution in [2.45, 2.75) is 18.4 Å². The molecule has 0 bridgehead atoms. The molecule has 0 saturated carbocycles. The van der Waals surface area contributed by atoms with Gasteiger partial charge in [0.2, 0.25) is 5.88 Å². The van der Waals surface area contributed by atoms with Gasteiger partial charge < -0.3 is 14.8 Å². The molecule has 1 saturated heterocycles. The second-order valence-electron chi connectivity index (χ2n) is 5.57. The first-order valence-electron chi connectivity index (χ1n) is 7.58. The Morgan fingerprint density at radius 1 is 1.42 bits per heavy atom. The van der Waals surface area contributed by atoms with Crippen LogP contribution in [0.4, 0.5) is 0 Å². The summed E-state index contributed by atoms with van der Waals surface area (Å²) in [5.74, 6) is 0.234. The number of hydrogen-bond donors (Lipinski definition) is 1. The highest BCUT2D eigenvalue weighted by molar-refractivity contribution is 7.08. The summed E-state index contributed by atoms with van der Waals surface area (Å²) in [4.78, 5) is 13.2. The third-order valence-corrected chi connectivity index (χ3v) is 4.94. The maximum atomic E-state index is 12.7. The molecule has 1 fully saturated rings. The van der Waals surface area contributed by atoms with E-state index in [0.717, 1.165) is 17.1 Å². The monoisotopic (exact) mass is 343 g/mol. The first kappa shape index (κ1) is 16.4. The van der Waals surface area contributed by atoms with Gasteiger partial charge in [-0.1, -0.05) is 12.1 Å². The molecule has 6 nitrogen and oxygen atoms in total. The molecule has 1 aliphatic heterocycles. The highest BCUT2D eigenvalue weighted by atomic mass is 32.1. The van der Waals surface area contributed by atoms with Crippen molar-refractivity contribution in [2.24, 2.45) is 0 Å². The number of nitriles is 1. The number of hydrogen-bond acceptors (Lipinski definition) is 6. The van der Waals surface area contributed by atoms with Gasteiger partial charge in [-0.15, -0.1) is 0 Å². The average molecular weight is 343 g/mol. The number of methoxy groups -OCH3 is 1. The molecule has 124 valence electrons. The van der Waals surface area contributed by atoms with Crippen LogP contribution in [0.3, 0.4) is 0 Å². The van der Waals surface area contributed by atoms with Gasteiger partial charge in [-0.2, -0.15) is 9.64 Å². The number of carbonyl (C=O) groups is 1. The molecule has 0 aliphatic carbocycles. The van der Waals surface area contributed by atoms with Gasteiger partial charge in [-0.3, -0.25) is 4.79 Å². The highest BCUT2D eigenvalue weighted by Gasteiger charge is 2.36. The van der Waals surface area contributed by atoms with Gasteiger partial charge >= 0.3 is 0 Å². The smallest absolute Gasteiger partial charge is 0.263 e. The van der Waals surface area contributed by atoms with E-state index in [1.807, 2.05) is 18.2 Å². The van der Waals surface area contributed by atoms with Gasteiger partial charge in [-0.05, 0) is 42.1 Å². The molecule has 1 N–H and O–H groups in total. The quantitative estimate of drug-likeness (QED) is 0.922. The van der Waals surface area contributed by atoms with Gasteiger partial charge in [0.15, 0.2) is 0 Å². The summed E-state index contributed by atoms with van der Waals surface area (Å²) >= 11 is 1.10. The molecule has 1 aromatic carbocycles. The summed E-state index contributed by atoms with van der Waals surface area (Å²) in [5.41, 5.74) is 0.959. The lowest BCUT2D eigenvalue weighted by Crippen LogP contribution is -2.49. The van der Waals surface area contributed by atoms with Crippen LogP contribution in [0.15, 0.2) is 30.3 Å². The summed E-state index contributed by atoms with van der Waals surface area (Å²) in [7, 11) is 1.52. The van der Waals surface area contributed by atoms with Crippen LogP contribution in [0, 0.1) is 11.3 Å². The molecule has 0 unspecified atom stereocenters. The highest BCUT2D eigenvalue weighted by Crippen LogP contribution is 2.33. The number of carbonyl (C=O) groups excluding carboxylic acids is 1. The van der Waals surface area contributed by atoms with E-state index in [1.54, 1.807) is 12.1 Å². The summed E-state index contributed by atoms with van der Waals surface area (Å²) in [6.07, 6.45) is 1.31. The standard InChI is InChI=1S/C17H17N3O3S/c1-22-15-10-14(24-20-15)16(21)19-17(5-7-23-8-6-17)13-4-2-3-12(9-13)11-18/h2-4,9-10H,5-8H2,1H3,(H,19,21). The molecule has 0 atom stereocenters. The van der Waals surface area contributed by atoms with Crippen molar-refractivity contribution in [1.29, 1.82) is 5.26 Å². The summed E-state index contributed by atoms with van der Waals surface area (Å²) in [5, 5.41) is 12.3. The molecule has 7 heteroatoms. The zero-order valence-corrected chi connectivity index (χ0v) is 14.1. The number of nitrogens with one attached hydrogen (secondary N) is 1. The zero-order chi connectivity index (χ0) is 17.0.